The number of rotatable bonds is 9. The molecule has 2 N–H and O–H groups in total. The first-order chi connectivity index (χ1) is 15.3. The molecule has 3 rings (SSSR count). The molecule has 9 heteroatoms. The maximum Gasteiger partial charge on any atom is 0.326 e. The number of hydrogen-bond donors (Lipinski definition) is 2. The molecule has 0 bridgehead atoms. The summed E-state index contributed by atoms with van der Waals surface area (Å²) in [6.07, 6.45) is 2.38. The highest BCUT2D eigenvalue weighted by Crippen LogP contribution is 2.50. The van der Waals surface area contributed by atoms with Crippen molar-refractivity contribution in [3.8, 4) is 0 Å². The Morgan fingerprint density at radius 1 is 1.25 bits per heavy atom. The lowest BCUT2D eigenvalue weighted by Gasteiger charge is -2.43. The third-order valence-corrected chi connectivity index (χ3v) is 9.43. The number of hydrogen-bond acceptors (Lipinski definition) is 7. The van der Waals surface area contributed by atoms with E-state index in [9.17, 15) is 19.5 Å². The number of nitrogens with zero attached hydrogens (tertiary/aromatic N) is 1. The summed E-state index contributed by atoms with van der Waals surface area (Å²) in [5, 5.41) is 12.9. The standard InChI is InChI=1S/C23H32N2O5S2/c1-3-30-22(29)18(10-9-17-7-5-4-6-8-17)24-16(2)20(26)25-15-23(31-13-14-32-23)12-11-19(25)21(27)28/h4-8,16,18-19,24H,3,9-15H2,1-2H3,(H,27,28)/t16-,18?,19?/m0/s1. The highest BCUT2D eigenvalue weighted by molar-refractivity contribution is 8.21. The highest BCUT2D eigenvalue weighted by Gasteiger charge is 2.47. The number of thioether (sulfide) groups is 2. The van der Waals surface area contributed by atoms with Crippen molar-refractivity contribution in [3.05, 3.63) is 35.9 Å². The third-order valence-electron chi connectivity index (χ3n) is 5.93. The van der Waals surface area contributed by atoms with Crippen molar-refractivity contribution in [3.63, 3.8) is 0 Å². The number of carboxylic acid groups (broad SMARTS) is 1. The highest BCUT2D eigenvalue weighted by atomic mass is 32.2. The molecule has 2 unspecified atom stereocenters. The largest absolute Gasteiger partial charge is 0.480 e. The lowest BCUT2D eigenvalue weighted by molar-refractivity contribution is -0.153. The molecule has 2 saturated heterocycles. The molecule has 0 radical (unpaired) electrons. The van der Waals surface area contributed by atoms with Gasteiger partial charge in [-0.3, -0.25) is 14.9 Å². The minimum atomic E-state index is -0.973. The number of esters is 1. The number of nitrogens with one attached hydrogen (secondary N) is 1. The Labute approximate surface area is 198 Å². The fourth-order valence-corrected chi connectivity index (χ4v) is 7.50. The van der Waals surface area contributed by atoms with Gasteiger partial charge in [0.2, 0.25) is 5.91 Å². The fraction of sp³-hybridized carbons (Fsp3) is 0.609. The van der Waals surface area contributed by atoms with Crippen LogP contribution in [0.15, 0.2) is 30.3 Å². The van der Waals surface area contributed by atoms with E-state index in [1.807, 2.05) is 53.9 Å². The number of carboxylic acids is 1. The van der Waals surface area contributed by atoms with E-state index in [1.54, 1.807) is 13.8 Å². The smallest absolute Gasteiger partial charge is 0.326 e. The molecule has 1 aromatic rings. The molecule has 2 aliphatic heterocycles. The van der Waals surface area contributed by atoms with Crippen LogP contribution in [-0.4, -0.2) is 74.7 Å². The number of carbonyl (C=O) groups excluding carboxylic acids is 2. The van der Waals surface area contributed by atoms with Crippen molar-refractivity contribution in [2.75, 3.05) is 24.7 Å². The van der Waals surface area contributed by atoms with Crippen molar-refractivity contribution in [2.24, 2.45) is 0 Å². The maximum atomic E-state index is 13.4. The third kappa shape index (κ3) is 6.20. The van der Waals surface area contributed by atoms with Crippen LogP contribution in [0, 0.1) is 0 Å². The minimum absolute atomic E-state index is 0.116. The number of carbonyl (C=O) groups is 3. The first kappa shape index (κ1) is 24.9. The number of likely N-dealkylation sites (tertiary alicyclic amines) is 1. The van der Waals surface area contributed by atoms with Gasteiger partial charge in [0.05, 0.1) is 16.7 Å². The molecule has 176 valence electrons. The van der Waals surface area contributed by atoms with E-state index in [2.05, 4.69) is 5.32 Å². The molecule has 2 heterocycles. The molecule has 1 spiro atoms. The topological polar surface area (TPSA) is 95.9 Å². The summed E-state index contributed by atoms with van der Waals surface area (Å²) in [5.74, 6) is 0.388. The van der Waals surface area contributed by atoms with Gasteiger partial charge in [-0.15, -0.1) is 23.5 Å². The van der Waals surface area contributed by atoms with Gasteiger partial charge >= 0.3 is 11.9 Å². The van der Waals surface area contributed by atoms with Crippen LogP contribution >= 0.6 is 23.5 Å². The summed E-state index contributed by atoms with van der Waals surface area (Å²) < 4.78 is 5.11. The summed E-state index contributed by atoms with van der Waals surface area (Å²) >= 11 is 3.65. The van der Waals surface area contributed by atoms with Crippen molar-refractivity contribution in [2.45, 2.75) is 61.7 Å². The van der Waals surface area contributed by atoms with Gasteiger partial charge in [0.25, 0.3) is 0 Å². The molecule has 1 aromatic carbocycles. The molecule has 0 aliphatic carbocycles. The van der Waals surface area contributed by atoms with Crippen LogP contribution in [0.25, 0.3) is 0 Å². The lowest BCUT2D eigenvalue weighted by Crippen LogP contribution is -2.60. The Morgan fingerprint density at radius 3 is 2.56 bits per heavy atom. The Morgan fingerprint density at radius 2 is 1.94 bits per heavy atom. The average molecular weight is 481 g/mol. The fourth-order valence-electron chi connectivity index (χ4n) is 4.27. The van der Waals surface area contributed by atoms with Gasteiger partial charge in [0, 0.05) is 18.1 Å². The summed E-state index contributed by atoms with van der Waals surface area (Å²) in [4.78, 5) is 39.3. The SMILES string of the molecule is CCOC(=O)C(CCc1ccccc1)N[C@@H](C)C(=O)N1CC2(CCC1C(=O)O)SCCS2. The summed E-state index contributed by atoms with van der Waals surface area (Å²) in [6.45, 7) is 4.13. The number of amides is 1. The van der Waals surface area contributed by atoms with E-state index in [1.165, 1.54) is 4.90 Å². The summed E-state index contributed by atoms with van der Waals surface area (Å²) in [6, 6.07) is 7.66. The van der Waals surface area contributed by atoms with E-state index in [-0.39, 0.29) is 16.6 Å². The second kappa shape index (κ2) is 11.4. The molecule has 0 aromatic heterocycles. The quantitative estimate of drug-likeness (QED) is 0.521. The molecule has 0 saturated carbocycles. The number of benzene rings is 1. The number of piperidine rings is 1. The summed E-state index contributed by atoms with van der Waals surface area (Å²) in [5.41, 5.74) is 1.10. The van der Waals surface area contributed by atoms with Crippen LogP contribution in [0.1, 0.15) is 38.7 Å². The number of aryl methyl sites for hydroxylation is 1. The predicted octanol–water partition coefficient (Wildman–Crippen LogP) is 2.78. The average Bonchev–Trinajstić information content (AvgIpc) is 3.24. The number of aliphatic carboxylic acids is 1. The van der Waals surface area contributed by atoms with E-state index in [4.69, 9.17) is 4.74 Å². The van der Waals surface area contributed by atoms with Gasteiger partial charge in [-0.1, -0.05) is 30.3 Å². The maximum absolute atomic E-state index is 13.4. The minimum Gasteiger partial charge on any atom is -0.480 e. The van der Waals surface area contributed by atoms with E-state index >= 15 is 0 Å². The molecule has 7 nitrogen and oxygen atoms in total. The Kier molecular flexibility index (Phi) is 8.90. The lowest BCUT2D eigenvalue weighted by atomic mass is 9.99. The van der Waals surface area contributed by atoms with Crippen LogP contribution in [0.5, 0.6) is 0 Å². The van der Waals surface area contributed by atoms with Crippen LogP contribution < -0.4 is 5.32 Å². The first-order valence-electron chi connectivity index (χ1n) is 11.1. The second-order valence-corrected chi connectivity index (χ2v) is 11.4. The molecule has 3 atom stereocenters. The molecular formula is C23H32N2O5S2. The Bertz CT molecular complexity index is 801. The van der Waals surface area contributed by atoms with E-state index in [0.717, 1.165) is 23.5 Å². The van der Waals surface area contributed by atoms with Crippen molar-refractivity contribution >= 4 is 41.4 Å². The normalized spacial score (nSPS) is 21.8. The molecule has 32 heavy (non-hydrogen) atoms. The zero-order chi connectivity index (χ0) is 23.1. The Balaban J connectivity index is 1.69. The zero-order valence-corrected chi connectivity index (χ0v) is 20.3. The van der Waals surface area contributed by atoms with E-state index < -0.39 is 30.1 Å². The molecule has 2 aliphatic rings. The van der Waals surface area contributed by atoms with Gasteiger partial charge in [-0.25, -0.2) is 4.79 Å². The van der Waals surface area contributed by atoms with Gasteiger partial charge < -0.3 is 14.7 Å². The number of ether oxygens (including phenoxy) is 1. The van der Waals surface area contributed by atoms with Gasteiger partial charge in [-0.05, 0) is 45.1 Å². The van der Waals surface area contributed by atoms with Crippen LogP contribution in [-0.2, 0) is 25.5 Å². The molecule has 1 amide bonds. The molecular weight excluding hydrogens is 448 g/mol. The van der Waals surface area contributed by atoms with E-state index in [0.29, 0.717) is 25.8 Å². The van der Waals surface area contributed by atoms with Crippen molar-refractivity contribution in [1.82, 2.24) is 10.2 Å². The zero-order valence-electron chi connectivity index (χ0n) is 18.6. The second-order valence-electron chi connectivity index (χ2n) is 8.18. The van der Waals surface area contributed by atoms with Crippen LogP contribution in [0.3, 0.4) is 0 Å². The van der Waals surface area contributed by atoms with Crippen molar-refractivity contribution in [1.29, 1.82) is 0 Å². The molecule has 2 fully saturated rings. The van der Waals surface area contributed by atoms with Gasteiger partial charge in [0.1, 0.15) is 12.1 Å². The van der Waals surface area contributed by atoms with Crippen LogP contribution in [0.2, 0.25) is 0 Å². The summed E-state index contributed by atoms with van der Waals surface area (Å²) in [7, 11) is 0. The van der Waals surface area contributed by atoms with Crippen LogP contribution in [0.4, 0.5) is 0 Å². The Hall–Kier alpha value is -1.71. The monoisotopic (exact) mass is 480 g/mol. The first-order valence-corrected chi connectivity index (χ1v) is 13.1. The van der Waals surface area contributed by atoms with Gasteiger partial charge in [0.15, 0.2) is 0 Å². The van der Waals surface area contributed by atoms with Crippen molar-refractivity contribution < 1.29 is 24.2 Å². The van der Waals surface area contributed by atoms with Gasteiger partial charge in [-0.2, -0.15) is 0 Å². The predicted molar refractivity (Wildman–Crippen MR) is 128 cm³/mol.